The Balaban J connectivity index is 1.86. The van der Waals surface area contributed by atoms with Crippen LogP contribution in [0.1, 0.15) is 39.0 Å². The van der Waals surface area contributed by atoms with Crippen molar-refractivity contribution < 1.29 is 9.00 Å². The van der Waals surface area contributed by atoms with Gasteiger partial charge in [0.1, 0.15) is 6.29 Å². The van der Waals surface area contributed by atoms with Gasteiger partial charge in [0.25, 0.3) is 0 Å². The highest BCUT2D eigenvalue weighted by Crippen LogP contribution is 2.26. The van der Waals surface area contributed by atoms with Gasteiger partial charge < -0.3 is 0 Å². The van der Waals surface area contributed by atoms with Gasteiger partial charge >= 0.3 is 0 Å². The zero-order valence-corrected chi connectivity index (χ0v) is 18.1. The van der Waals surface area contributed by atoms with Crippen molar-refractivity contribution in [2.45, 2.75) is 25.2 Å². The molecule has 3 aromatic rings. The third kappa shape index (κ3) is 5.75. The van der Waals surface area contributed by atoms with Crippen LogP contribution < -0.4 is 0 Å². The number of benzene rings is 3. The highest BCUT2D eigenvalue weighted by Gasteiger charge is 2.09. The molecule has 3 aromatic carbocycles. The van der Waals surface area contributed by atoms with Gasteiger partial charge in [-0.15, -0.1) is 0 Å². The lowest BCUT2D eigenvalue weighted by Gasteiger charge is -2.10. The van der Waals surface area contributed by atoms with Crippen LogP contribution in [0.5, 0.6) is 0 Å². The van der Waals surface area contributed by atoms with Gasteiger partial charge in [-0.3, -0.25) is 9.00 Å². The molecule has 0 heterocycles. The van der Waals surface area contributed by atoms with E-state index in [1.54, 1.807) is 24.3 Å². The fourth-order valence-corrected chi connectivity index (χ4v) is 4.33. The molecule has 4 heteroatoms. The summed E-state index contributed by atoms with van der Waals surface area (Å²) in [6, 6.07) is 21.0. The Bertz CT molecular complexity index is 1070. The quantitative estimate of drug-likeness (QED) is 0.321. The van der Waals surface area contributed by atoms with Gasteiger partial charge in [-0.25, -0.2) is 0 Å². The van der Waals surface area contributed by atoms with Crippen LogP contribution in [-0.4, -0.2) is 16.2 Å². The van der Waals surface area contributed by atoms with Gasteiger partial charge in [0, 0.05) is 21.2 Å². The van der Waals surface area contributed by atoms with Crippen molar-refractivity contribution in [3.63, 3.8) is 0 Å². The Morgan fingerprint density at radius 2 is 1.66 bits per heavy atom. The Hall–Kier alpha value is -2.49. The molecule has 2 nitrogen and oxygen atoms in total. The summed E-state index contributed by atoms with van der Waals surface area (Å²) in [6.45, 7) is 4.20. The second kappa shape index (κ2) is 9.82. The molecule has 0 N–H and O–H groups in total. The summed E-state index contributed by atoms with van der Waals surface area (Å²) >= 11 is 6.21. The number of carbonyl (C=O) groups is 1. The van der Waals surface area contributed by atoms with E-state index < -0.39 is 10.8 Å². The van der Waals surface area contributed by atoms with Gasteiger partial charge in [-0.1, -0.05) is 60.1 Å². The topological polar surface area (TPSA) is 34.1 Å². The summed E-state index contributed by atoms with van der Waals surface area (Å²) in [5.74, 6) is 0.490. The smallest absolute Gasteiger partial charge is 0.150 e. The number of aldehydes is 1. The van der Waals surface area contributed by atoms with Crippen LogP contribution in [0, 0.1) is 13.8 Å². The fraction of sp³-hybridized carbons (Fsp3) is 0.160. The molecular weight excluding hydrogens is 400 g/mol. The number of carbonyl (C=O) groups excluding carboxylic acids is 1. The van der Waals surface area contributed by atoms with Crippen molar-refractivity contribution in [1.82, 2.24) is 0 Å². The van der Waals surface area contributed by atoms with Crippen LogP contribution in [0.3, 0.4) is 0 Å². The van der Waals surface area contributed by atoms with Gasteiger partial charge in [0.2, 0.25) is 0 Å². The van der Waals surface area contributed by atoms with Crippen LogP contribution in [0.4, 0.5) is 0 Å². The Labute approximate surface area is 179 Å². The van der Waals surface area contributed by atoms with Crippen molar-refractivity contribution in [2.75, 3.05) is 5.75 Å². The van der Waals surface area contributed by atoms with Gasteiger partial charge in [0.05, 0.1) is 10.8 Å². The lowest BCUT2D eigenvalue weighted by Crippen LogP contribution is -2.00. The minimum atomic E-state index is -1.15. The average molecular weight is 423 g/mol. The van der Waals surface area contributed by atoms with E-state index in [9.17, 15) is 9.00 Å². The molecular formula is C25H23ClO2S. The molecule has 0 aliphatic carbocycles. The number of hydrogen-bond acceptors (Lipinski definition) is 2. The molecule has 0 fully saturated rings. The second-order valence-electron chi connectivity index (χ2n) is 7.01. The minimum Gasteiger partial charge on any atom is -0.298 e. The summed E-state index contributed by atoms with van der Waals surface area (Å²) < 4.78 is 12.8. The summed E-state index contributed by atoms with van der Waals surface area (Å²) in [5, 5.41) is 0.680. The number of rotatable bonds is 7. The van der Waals surface area contributed by atoms with E-state index in [4.69, 9.17) is 11.6 Å². The molecule has 0 radical (unpaired) electrons. The third-order valence-electron chi connectivity index (χ3n) is 4.90. The van der Waals surface area contributed by atoms with E-state index in [1.807, 2.05) is 24.3 Å². The number of halogens is 1. The summed E-state index contributed by atoms with van der Waals surface area (Å²) in [4.78, 5) is 11.5. The van der Waals surface area contributed by atoms with Crippen LogP contribution >= 0.6 is 11.6 Å². The largest absolute Gasteiger partial charge is 0.298 e. The highest BCUT2D eigenvalue weighted by molar-refractivity contribution is 7.85. The molecule has 0 saturated heterocycles. The molecule has 0 amide bonds. The highest BCUT2D eigenvalue weighted by atomic mass is 35.5. The fourth-order valence-electron chi connectivity index (χ4n) is 3.06. The first-order chi connectivity index (χ1) is 14.0. The van der Waals surface area contributed by atoms with E-state index in [0.717, 1.165) is 27.9 Å². The normalized spacial score (nSPS) is 12.6. The zero-order chi connectivity index (χ0) is 20.8. The first-order valence-electron chi connectivity index (χ1n) is 9.43. The van der Waals surface area contributed by atoms with Crippen molar-refractivity contribution in [2.24, 2.45) is 0 Å². The van der Waals surface area contributed by atoms with Crippen LogP contribution in [0.25, 0.3) is 11.6 Å². The molecule has 0 aliphatic rings. The van der Waals surface area contributed by atoms with Crippen molar-refractivity contribution in [1.29, 1.82) is 0 Å². The maximum atomic E-state index is 12.8. The van der Waals surface area contributed by atoms with Crippen molar-refractivity contribution >= 4 is 40.3 Å². The molecule has 0 aliphatic heterocycles. The number of aryl methyl sites for hydroxylation is 2. The number of hydrogen-bond donors (Lipinski definition) is 0. The van der Waals surface area contributed by atoms with E-state index >= 15 is 0 Å². The predicted molar refractivity (Wildman–Crippen MR) is 123 cm³/mol. The number of allylic oxidation sites excluding steroid dienone is 1. The maximum absolute atomic E-state index is 12.8. The SMILES string of the molecule is Cc1ccc(/C=C(/CCS(=O)c2ccc(C=O)cc2)c2cccc(Cl)c2)cc1C. The third-order valence-corrected chi connectivity index (χ3v) is 6.51. The van der Waals surface area contributed by atoms with Crippen molar-refractivity contribution in [3.8, 4) is 0 Å². The van der Waals surface area contributed by atoms with Crippen LogP contribution in [0.15, 0.2) is 71.6 Å². The molecule has 0 saturated carbocycles. The maximum Gasteiger partial charge on any atom is 0.150 e. The Morgan fingerprint density at radius 1 is 0.931 bits per heavy atom. The lowest BCUT2D eigenvalue weighted by atomic mass is 9.99. The second-order valence-corrected chi connectivity index (χ2v) is 9.02. The first kappa shape index (κ1) is 21.2. The molecule has 0 spiro atoms. The summed E-state index contributed by atoms with van der Waals surface area (Å²) in [5.41, 5.74) is 6.32. The molecule has 1 atom stereocenters. The Kier molecular flexibility index (Phi) is 7.18. The first-order valence-corrected chi connectivity index (χ1v) is 11.1. The van der Waals surface area contributed by atoms with Crippen molar-refractivity contribution in [3.05, 3.63) is 99.6 Å². The van der Waals surface area contributed by atoms with Gasteiger partial charge in [-0.05, 0) is 72.4 Å². The predicted octanol–water partition coefficient (Wildman–Crippen LogP) is 6.51. The standard InChI is InChI=1S/C25H23ClO2S/c1-18-6-7-21(14-19(18)2)15-23(22-4-3-5-24(26)16-22)12-13-29(28)25-10-8-20(17-27)9-11-25/h3-11,14-17H,12-13H2,1-2H3/b23-15-. The average Bonchev–Trinajstić information content (AvgIpc) is 2.73. The monoisotopic (exact) mass is 422 g/mol. The summed E-state index contributed by atoms with van der Waals surface area (Å²) in [6.07, 6.45) is 3.58. The van der Waals surface area contributed by atoms with Gasteiger partial charge in [-0.2, -0.15) is 0 Å². The molecule has 0 aromatic heterocycles. The molecule has 29 heavy (non-hydrogen) atoms. The van der Waals surface area contributed by atoms with E-state index in [1.165, 1.54) is 11.1 Å². The van der Waals surface area contributed by atoms with Crippen LogP contribution in [-0.2, 0) is 10.8 Å². The zero-order valence-electron chi connectivity index (χ0n) is 16.5. The molecule has 1 unspecified atom stereocenters. The molecule has 0 bridgehead atoms. The molecule has 3 rings (SSSR count). The molecule has 148 valence electrons. The minimum absolute atomic E-state index is 0.490. The summed E-state index contributed by atoms with van der Waals surface area (Å²) in [7, 11) is -1.15. The van der Waals surface area contributed by atoms with E-state index in [0.29, 0.717) is 22.8 Å². The van der Waals surface area contributed by atoms with E-state index in [-0.39, 0.29) is 0 Å². The lowest BCUT2D eigenvalue weighted by molar-refractivity contribution is 0.112. The van der Waals surface area contributed by atoms with E-state index in [2.05, 4.69) is 38.1 Å². The van der Waals surface area contributed by atoms with Gasteiger partial charge in [0.15, 0.2) is 0 Å². The van der Waals surface area contributed by atoms with Crippen LogP contribution in [0.2, 0.25) is 5.02 Å². The Morgan fingerprint density at radius 3 is 2.31 bits per heavy atom.